The van der Waals surface area contributed by atoms with Gasteiger partial charge < -0.3 is 24.6 Å². The third kappa shape index (κ3) is 8.76. The molecule has 0 fully saturated rings. The van der Waals surface area contributed by atoms with Gasteiger partial charge in [0.1, 0.15) is 6.54 Å². The summed E-state index contributed by atoms with van der Waals surface area (Å²) in [5.74, 6) is 1.17. The maximum atomic E-state index is 13.7. The van der Waals surface area contributed by atoms with Crippen LogP contribution in [0.2, 0.25) is 0 Å². The number of anilines is 1. The molecular formula is C30H36N4O4S. The molecule has 1 heterocycles. The van der Waals surface area contributed by atoms with E-state index in [4.69, 9.17) is 9.47 Å². The first-order valence-corrected chi connectivity index (χ1v) is 13.8. The van der Waals surface area contributed by atoms with Crippen LogP contribution in [-0.2, 0) is 17.8 Å². The molecular weight excluding hydrogens is 512 g/mol. The third-order valence-corrected chi connectivity index (χ3v) is 7.24. The molecule has 2 aromatic carbocycles. The minimum atomic E-state index is -0.362. The second kappa shape index (κ2) is 14.8. The van der Waals surface area contributed by atoms with Gasteiger partial charge in [0.05, 0.1) is 32.4 Å². The number of thiophene rings is 1. The van der Waals surface area contributed by atoms with Gasteiger partial charge in [0.2, 0.25) is 5.91 Å². The summed E-state index contributed by atoms with van der Waals surface area (Å²) in [5.41, 5.74) is 2.00. The Balaban J connectivity index is 1.76. The van der Waals surface area contributed by atoms with E-state index < -0.39 is 0 Å². The fraction of sp³-hybridized carbons (Fsp3) is 0.367. The molecule has 0 bridgehead atoms. The predicted molar refractivity (Wildman–Crippen MR) is 154 cm³/mol. The Morgan fingerprint density at radius 1 is 1.00 bits per heavy atom. The van der Waals surface area contributed by atoms with E-state index in [0.717, 1.165) is 23.3 Å². The molecule has 0 aliphatic heterocycles. The van der Waals surface area contributed by atoms with Crippen LogP contribution in [-0.4, -0.2) is 55.6 Å². The van der Waals surface area contributed by atoms with Crippen molar-refractivity contribution in [1.29, 1.82) is 5.26 Å². The monoisotopic (exact) mass is 548 g/mol. The SMILES string of the molecule is CCCCN(CC(=O)N(CCc1ccc(OC)c(OC)c1)Cc1ccc(C)s1)C(=O)Nc1cccc(C#N)c1. The van der Waals surface area contributed by atoms with Gasteiger partial charge in [-0.2, -0.15) is 5.26 Å². The number of nitrogens with zero attached hydrogens (tertiary/aromatic N) is 3. The zero-order chi connectivity index (χ0) is 28.2. The van der Waals surface area contributed by atoms with Crippen LogP contribution >= 0.6 is 11.3 Å². The number of unbranched alkanes of at least 4 members (excludes halogenated alkanes) is 1. The molecule has 3 rings (SSSR count). The van der Waals surface area contributed by atoms with E-state index in [1.165, 1.54) is 4.88 Å². The largest absolute Gasteiger partial charge is 0.493 e. The van der Waals surface area contributed by atoms with E-state index in [1.807, 2.05) is 49.1 Å². The number of nitrogens with one attached hydrogen (secondary N) is 1. The minimum absolute atomic E-state index is 0.0416. The minimum Gasteiger partial charge on any atom is -0.493 e. The van der Waals surface area contributed by atoms with Gasteiger partial charge in [0.25, 0.3) is 0 Å². The number of rotatable bonds is 13. The molecule has 206 valence electrons. The second-order valence-electron chi connectivity index (χ2n) is 9.16. The summed E-state index contributed by atoms with van der Waals surface area (Å²) in [6, 6.07) is 18.3. The van der Waals surface area contributed by atoms with Crippen molar-refractivity contribution >= 4 is 29.0 Å². The number of ether oxygens (including phenoxy) is 2. The van der Waals surface area contributed by atoms with Gasteiger partial charge in [-0.1, -0.05) is 25.5 Å². The third-order valence-electron chi connectivity index (χ3n) is 6.25. The van der Waals surface area contributed by atoms with Crippen molar-refractivity contribution in [2.75, 3.05) is 39.2 Å². The maximum Gasteiger partial charge on any atom is 0.322 e. The number of aryl methyl sites for hydroxylation is 1. The average Bonchev–Trinajstić information content (AvgIpc) is 3.37. The molecule has 3 aromatic rings. The van der Waals surface area contributed by atoms with E-state index in [0.29, 0.717) is 48.8 Å². The zero-order valence-corrected chi connectivity index (χ0v) is 23.8. The molecule has 39 heavy (non-hydrogen) atoms. The molecule has 0 atom stereocenters. The normalized spacial score (nSPS) is 10.4. The lowest BCUT2D eigenvalue weighted by Gasteiger charge is -2.28. The first-order valence-electron chi connectivity index (χ1n) is 13.0. The molecule has 0 aliphatic carbocycles. The molecule has 3 amide bonds. The van der Waals surface area contributed by atoms with Gasteiger partial charge >= 0.3 is 6.03 Å². The molecule has 0 aliphatic rings. The molecule has 0 radical (unpaired) electrons. The molecule has 0 saturated carbocycles. The molecule has 0 saturated heterocycles. The maximum absolute atomic E-state index is 13.7. The number of benzene rings is 2. The smallest absolute Gasteiger partial charge is 0.322 e. The summed E-state index contributed by atoms with van der Waals surface area (Å²) in [4.78, 5) is 32.5. The van der Waals surface area contributed by atoms with Gasteiger partial charge in [-0.3, -0.25) is 4.79 Å². The van der Waals surface area contributed by atoms with Gasteiger partial charge in [0, 0.05) is 28.5 Å². The highest BCUT2D eigenvalue weighted by atomic mass is 32.1. The van der Waals surface area contributed by atoms with Crippen molar-refractivity contribution in [3.05, 3.63) is 75.5 Å². The Morgan fingerprint density at radius 2 is 1.79 bits per heavy atom. The first kappa shape index (κ1) is 29.5. The summed E-state index contributed by atoms with van der Waals surface area (Å²) in [6.45, 7) is 5.45. The van der Waals surface area contributed by atoms with Crippen LogP contribution in [0.15, 0.2) is 54.6 Å². The van der Waals surface area contributed by atoms with Gasteiger partial charge in [-0.15, -0.1) is 11.3 Å². The topological polar surface area (TPSA) is 94.9 Å². The van der Waals surface area contributed by atoms with Gasteiger partial charge in [-0.25, -0.2) is 4.79 Å². The van der Waals surface area contributed by atoms with Crippen LogP contribution in [0.5, 0.6) is 11.5 Å². The van der Waals surface area contributed by atoms with Crippen LogP contribution in [0.25, 0.3) is 0 Å². The van der Waals surface area contributed by atoms with Crippen LogP contribution in [0.3, 0.4) is 0 Å². The molecule has 1 aromatic heterocycles. The first-order chi connectivity index (χ1) is 18.9. The van der Waals surface area contributed by atoms with Crippen LogP contribution in [0.1, 0.15) is 40.6 Å². The number of hydrogen-bond donors (Lipinski definition) is 1. The Kier molecular flexibility index (Phi) is 11.2. The standard InChI is InChI=1S/C30H36N4O4S/c1-5-6-15-34(30(36)32-25-9-7-8-24(17-25)19-31)21-29(35)33(20-26-12-10-22(2)39-26)16-14-23-11-13-27(37-3)28(18-23)38-4/h7-13,17-18H,5-6,14-16,20-21H2,1-4H3,(H,32,36). The number of amides is 3. The van der Waals surface area contributed by atoms with E-state index in [2.05, 4.69) is 11.4 Å². The van der Waals surface area contributed by atoms with E-state index >= 15 is 0 Å². The number of carbonyl (C=O) groups is 2. The molecule has 0 spiro atoms. The van der Waals surface area contributed by atoms with E-state index in [9.17, 15) is 14.9 Å². The summed E-state index contributed by atoms with van der Waals surface area (Å²) in [6.07, 6.45) is 2.28. The number of carbonyl (C=O) groups excluding carboxylic acids is 2. The number of nitriles is 1. The number of urea groups is 1. The Bertz CT molecular complexity index is 1300. The fourth-order valence-corrected chi connectivity index (χ4v) is 4.99. The van der Waals surface area contributed by atoms with Gasteiger partial charge in [0.15, 0.2) is 11.5 Å². The van der Waals surface area contributed by atoms with E-state index in [1.54, 1.807) is 54.7 Å². The van der Waals surface area contributed by atoms with Crippen molar-refractivity contribution in [3.8, 4) is 17.6 Å². The Hall–Kier alpha value is -4.03. The summed E-state index contributed by atoms with van der Waals surface area (Å²) < 4.78 is 10.8. The lowest BCUT2D eigenvalue weighted by molar-refractivity contribution is -0.132. The number of methoxy groups -OCH3 is 2. The zero-order valence-electron chi connectivity index (χ0n) is 23.0. The highest BCUT2D eigenvalue weighted by Gasteiger charge is 2.22. The highest BCUT2D eigenvalue weighted by molar-refractivity contribution is 7.11. The van der Waals surface area contributed by atoms with Crippen molar-refractivity contribution in [1.82, 2.24) is 9.80 Å². The summed E-state index contributed by atoms with van der Waals surface area (Å²) in [5, 5.41) is 12.0. The second-order valence-corrected chi connectivity index (χ2v) is 10.5. The van der Waals surface area contributed by atoms with E-state index in [-0.39, 0.29) is 18.5 Å². The van der Waals surface area contributed by atoms with Crippen LogP contribution < -0.4 is 14.8 Å². The molecule has 8 nitrogen and oxygen atoms in total. The van der Waals surface area contributed by atoms with Crippen LogP contribution in [0.4, 0.5) is 10.5 Å². The fourth-order valence-electron chi connectivity index (χ4n) is 4.08. The predicted octanol–water partition coefficient (Wildman–Crippen LogP) is 5.85. The average molecular weight is 549 g/mol. The Morgan fingerprint density at radius 3 is 2.46 bits per heavy atom. The van der Waals surface area contributed by atoms with Crippen molar-refractivity contribution in [2.24, 2.45) is 0 Å². The summed E-state index contributed by atoms with van der Waals surface area (Å²) in [7, 11) is 3.20. The van der Waals surface area contributed by atoms with Crippen molar-refractivity contribution in [3.63, 3.8) is 0 Å². The molecule has 1 N–H and O–H groups in total. The Labute approximate surface area is 234 Å². The van der Waals surface area contributed by atoms with Gasteiger partial charge in [-0.05, 0) is 67.8 Å². The lowest BCUT2D eigenvalue weighted by atomic mass is 10.1. The van der Waals surface area contributed by atoms with Crippen molar-refractivity contribution < 1.29 is 19.1 Å². The van der Waals surface area contributed by atoms with Crippen molar-refractivity contribution in [2.45, 2.75) is 39.7 Å². The molecule has 9 heteroatoms. The summed E-state index contributed by atoms with van der Waals surface area (Å²) >= 11 is 1.66. The number of hydrogen-bond acceptors (Lipinski definition) is 6. The lowest BCUT2D eigenvalue weighted by Crippen LogP contribution is -2.45. The quantitative estimate of drug-likeness (QED) is 0.289. The highest BCUT2D eigenvalue weighted by Crippen LogP contribution is 2.28. The molecule has 0 unspecified atom stereocenters. The van der Waals surface area contributed by atoms with Crippen LogP contribution in [0, 0.1) is 18.3 Å².